The van der Waals surface area contributed by atoms with Crippen LogP contribution in [-0.2, 0) is 27.9 Å². The Morgan fingerprint density at radius 2 is 1.64 bits per heavy atom. The molecule has 0 atom stereocenters. The van der Waals surface area contributed by atoms with Crippen molar-refractivity contribution in [1.82, 2.24) is 24.9 Å². The molecule has 1 aromatic heterocycles. The molecule has 3 aromatic carbocycles. The van der Waals surface area contributed by atoms with Crippen LogP contribution in [-0.4, -0.2) is 34.5 Å². The maximum Gasteiger partial charge on any atom is 0.248 e. The van der Waals surface area contributed by atoms with E-state index in [1.807, 2.05) is 61.5 Å². The van der Waals surface area contributed by atoms with E-state index in [4.69, 9.17) is 0 Å². The fourth-order valence-electron chi connectivity index (χ4n) is 3.03. The van der Waals surface area contributed by atoms with Crippen LogP contribution in [0.3, 0.4) is 0 Å². The number of hydrogen-bond donors (Lipinski definition) is 2. The first-order chi connectivity index (χ1) is 15.9. The van der Waals surface area contributed by atoms with Crippen molar-refractivity contribution in [2.24, 2.45) is 0 Å². The molecule has 0 aliphatic rings. The Morgan fingerprint density at radius 3 is 2.33 bits per heavy atom. The average Bonchev–Trinajstić information content (AvgIpc) is 3.27. The van der Waals surface area contributed by atoms with E-state index >= 15 is 0 Å². The van der Waals surface area contributed by atoms with E-state index in [1.54, 1.807) is 0 Å². The minimum absolute atomic E-state index is 0.108. The number of benzene rings is 3. The number of tetrazole rings is 1. The van der Waals surface area contributed by atoms with Crippen LogP contribution in [0.25, 0.3) is 11.4 Å². The van der Waals surface area contributed by atoms with Gasteiger partial charge < -0.3 is 5.32 Å². The topological polar surface area (TPSA) is 119 Å². The number of rotatable bonds is 8. The summed E-state index contributed by atoms with van der Waals surface area (Å²) >= 11 is 0. The van der Waals surface area contributed by atoms with Gasteiger partial charge in [-0.2, -0.15) is 4.80 Å². The molecule has 0 aliphatic carbocycles. The second-order valence-electron chi connectivity index (χ2n) is 7.39. The molecule has 10 heteroatoms. The predicted molar refractivity (Wildman–Crippen MR) is 124 cm³/mol. The van der Waals surface area contributed by atoms with Crippen molar-refractivity contribution in [3.63, 3.8) is 0 Å². The van der Waals surface area contributed by atoms with Crippen LogP contribution < -0.4 is 10.0 Å². The van der Waals surface area contributed by atoms with Gasteiger partial charge in [0.2, 0.25) is 21.8 Å². The average molecular weight is 463 g/mol. The molecule has 0 aliphatic heterocycles. The van der Waals surface area contributed by atoms with E-state index in [1.165, 1.54) is 29.1 Å². The normalized spacial score (nSPS) is 11.3. The van der Waals surface area contributed by atoms with E-state index in [0.717, 1.165) is 16.7 Å². The van der Waals surface area contributed by atoms with Gasteiger partial charge in [0.25, 0.3) is 0 Å². The van der Waals surface area contributed by atoms with Crippen molar-refractivity contribution in [1.29, 1.82) is 0 Å². The van der Waals surface area contributed by atoms with Gasteiger partial charge in [-0.3, -0.25) is 4.79 Å². The highest BCUT2D eigenvalue weighted by molar-refractivity contribution is 7.89. The molecule has 0 saturated heterocycles. The Kier molecular flexibility index (Phi) is 6.57. The van der Waals surface area contributed by atoms with Gasteiger partial charge in [-0.15, -0.1) is 10.2 Å². The summed E-state index contributed by atoms with van der Waals surface area (Å²) in [5.74, 6) is 0.0704. The van der Waals surface area contributed by atoms with Crippen molar-refractivity contribution >= 4 is 21.6 Å². The third-order valence-electron chi connectivity index (χ3n) is 4.81. The molecule has 4 aromatic rings. The van der Waals surface area contributed by atoms with Crippen LogP contribution in [0.15, 0.2) is 83.8 Å². The van der Waals surface area contributed by atoms with Crippen LogP contribution in [0.2, 0.25) is 0 Å². The minimum atomic E-state index is -3.67. The Hall–Kier alpha value is -3.89. The summed E-state index contributed by atoms with van der Waals surface area (Å²) in [6, 6.07) is 22.9. The largest absolute Gasteiger partial charge is 0.324 e. The van der Waals surface area contributed by atoms with Crippen LogP contribution >= 0.6 is 0 Å². The fourth-order valence-corrected chi connectivity index (χ4v) is 4.05. The standard InChI is InChI=1S/C23H22N6O3S/c1-17-7-9-19(10-8-17)23-26-28-29(27-23)16-22(30)25-20-11-13-21(14-12-20)33(31,32)24-15-18-5-3-2-4-6-18/h2-14,24H,15-16H2,1H3,(H,25,30). The number of sulfonamides is 1. The molecule has 0 fully saturated rings. The highest BCUT2D eigenvalue weighted by atomic mass is 32.2. The summed E-state index contributed by atoms with van der Waals surface area (Å²) in [4.78, 5) is 13.7. The highest BCUT2D eigenvalue weighted by Crippen LogP contribution is 2.16. The molecule has 0 spiro atoms. The molecule has 33 heavy (non-hydrogen) atoms. The number of carbonyl (C=O) groups is 1. The van der Waals surface area contributed by atoms with Crippen LogP contribution in [0.5, 0.6) is 0 Å². The van der Waals surface area contributed by atoms with Gasteiger partial charge in [0.15, 0.2) is 0 Å². The maximum atomic E-state index is 12.5. The number of aromatic nitrogens is 4. The molecule has 168 valence electrons. The lowest BCUT2D eigenvalue weighted by molar-refractivity contribution is -0.117. The molecule has 4 rings (SSSR count). The van der Waals surface area contributed by atoms with Gasteiger partial charge >= 0.3 is 0 Å². The number of hydrogen-bond acceptors (Lipinski definition) is 6. The molecule has 1 heterocycles. The molecule has 0 unspecified atom stereocenters. The van der Waals surface area contributed by atoms with Gasteiger partial charge in [0.05, 0.1) is 4.90 Å². The van der Waals surface area contributed by atoms with Crippen LogP contribution in [0.4, 0.5) is 5.69 Å². The SMILES string of the molecule is Cc1ccc(-c2nnn(CC(=O)Nc3ccc(S(=O)(=O)NCc4ccccc4)cc3)n2)cc1. The van der Waals surface area contributed by atoms with Crippen molar-refractivity contribution in [3.8, 4) is 11.4 Å². The monoisotopic (exact) mass is 462 g/mol. The molecule has 9 nitrogen and oxygen atoms in total. The zero-order valence-corrected chi connectivity index (χ0v) is 18.7. The smallest absolute Gasteiger partial charge is 0.248 e. The summed E-state index contributed by atoms with van der Waals surface area (Å²) in [5, 5.41) is 14.8. The third kappa shape index (κ3) is 5.88. The van der Waals surface area contributed by atoms with Gasteiger partial charge in [-0.1, -0.05) is 60.2 Å². The lowest BCUT2D eigenvalue weighted by atomic mass is 10.1. The summed E-state index contributed by atoms with van der Waals surface area (Å²) in [7, 11) is -3.67. The third-order valence-corrected chi connectivity index (χ3v) is 6.22. The van der Waals surface area contributed by atoms with E-state index < -0.39 is 10.0 Å². The first kappa shape index (κ1) is 22.3. The molecule has 0 radical (unpaired) electrons. The fraction of sp³-hybridized carbons (Fsp3) is 0.130. The lowest BCUT2D eigenvalue weighted by Crippen LogP contribution is -2.23. The molecule has 1 amide bonds. The van der Waals surface area contributed by atoms with Gasteiger partial charge in [-0.05, 0) is 42.0 Å². The quantitative estimate of drug-likeness (QED) is 0.416. The molecule has 2 N–H and O–H groups in total. The summed E-state index contributed by atoms with van der Waals surface area (Å²) in [5.41, 5.74) is 3.25. The number of nitrogens with zero attached hydrogens (tertiary/aromatic N) is 4. The maximum absolute atomic E-state index is 12.5. The lowest BCUT2D eigenvalue weighted by Gasteiger charge is -2.09. The number of anilines is 1. The zero-order chi connectivity index (χ0) is 23.3. The summed E-state index contributed by atoms with van der Waals surface area (Å²) in [6.45, 7) is 2.05. The van der Waals surface area contributed by atoms with Gasteiger partial charge in [0, 0.05) is 17.8 Å². The second kappa shape index (κ2) is 9.72. The van der Waals surface area contributed by atoms with E-state index in [9.17, 15) is 13.2 Å². The number of aryl methyl sites for hydroxylation is 1. The van der Waals surface area contributed by atoms with E-state index in [2.05, 4.69) is 25.4 Å². The van der Waals surface area contributed by atoms with Crippen molar-refractivity contribution in [3.05, 3.63) is 90.0 Å². The van der Waals surface area contributed by atoms with Gasteiger partial charge in [-0.25, -0.2) is 13.1 Å². The summed E-state index contributed by atoms with van der Waals surface area (Å²) in [6.07, 6.45) is 0. The second-order valence-corrected chi connectivity index (χ2v) is 9.16. The molecule has 0 saturated carbocycles. The van der Waals surface area contributed by atoms with Gasteiger partial charge in [0.1, 0.15) is 6.54 Å². The number of amides is 1. The van der Waals surface area contributed by atoms with Crippen LogP contribution in [0, 0.1) is 6.92 Å². The first-order valence-electron chi connectivity index (χ1n) is 10.2. The first-order valence-corrected chi connectivity index (χ1v) is 11.7. The number of nitrogens with one attached hydrogen (secondary N) is 2. The van der Waals surface area contributed by atoms with E-state index in [-0.39, 0.29) is 23.9 Å². The van der Waals surface area contributed by atoms with E-state index in [0.29, 0.717) is 11.5 Å². The molecular weight excluding hydrogens is 440 g/mol. The summed E-state index contributed by atoms with van der Waals surface area (Å²) < 4.78 is 27.5. The number of carbonyl (C=O) groups excluding carboxylic acids is 1. The molecule has 0 bridgehead atoms. The minimum Gasteiger partial charge on any atom is -0.324 e. The van der Waals surface area contributed by atoms with Crippen molar-refractivity contribution < 1.29 is 13.2 Å². The van der Waals surface area contributed by atoms with Crippen molar-refractivity contribution in [2.45, 2.75) is 24.9 Å². The Morgan fingerprint density at radius 1 is 0.939 bits per heavy atom. The Labute approximate surface area is 191 Å². The Balaban J connectivity index is 1.34. The van der Waals surface area contributed by atoms with Crippen LogP contribution in [0.1, 0.15) is 11.1 Å². The zero-order valence-electron chi connectivity index (χ0n) is 17.8. The Bertz CT molecular complexity index is 1340. The predicted octanol–water partition coefficient (Wildman–Crippen LogP) is 2.77. The molecular formula is C23H22N6O3S. The van der Waals surface area contributed by atoms with Crippen molar-refractivity contribution in [2.75, 3.05) is 5.32 Å². The highest BCUT2D eigenvalue weighted by Gasteiger charge is 2.14.